The van der Waals surface area contributed by atoms with E-state index in [2.05, 4.69) is 32.8 Å². The van der Waals surface area contributed by atoms with E-state index in [4.69, 9.17) is 0 Å². The SMILES string of the molecule is CCc1cc2c(N3CCC4(CN(Cc5cccc(F)c5)C4)C3)ncnc2s1. The molecule has 140 valence electrons. The van der Waals surface area contributed by atoms with Crippen molar-refractivity contribution in [3.8, 4) is 0 Å². The Kier molecular flexibility index (Phi) is 4.13. The summed E-state index contributed by atoms with van der Waals surface area (Å²) in [6, 6.07) is 9.22. The van der Waals surface area contributed by atoms with Gasteiger partial charge in [0, 0.05) is 43.0 Å². The number of aromatic nitrogens is 2. The molecule has 2 aliphatic heterocycles. The molecule has 0 bridgehead atoms. The van der Waals surface area contributed by atoms with Crippen LogP contribution in [0.4, 0.5) is 10.2 Å². The number of thiophene rings is 1. The van der Waals surface area contributed by atoms with Gasteiger partial charge in [0.2, 0.25) is 0 Å². The fraction of sp³-hybridized carbons (Fsp3) is 0.429. The van der Waals surface area contributed by atoms with Crippen LogP contribution >= 0.6 is 11.3 Å². The second-order valence-electron chi connectivity index (χ2n) is 7.93. The van der Waals surface area contributed by atoms with Crippen LogP contribution in [0.1, 0.15) is 23.8 Å². The van der Waals surface area contributed by atoms with Crippen molar-refractivity contribution >= 4 is 27.4 Å². The Morgan fingerprint density at radius 3 is 2.89 bits per heavy atom. The van der Waals surface area contributed by atoms with Crippen LogP contribution in [-0.2, 0) is 13.0 Å². The van der Waals surface area contributed by atoms with Crippen LogP contribution in [0.2, 0.25) is 0 Å². The van der Waals surface area contributed by atoms with Gasteiger partial charge in [-0.2, -0.15) is 0 Å². The van der Waals surface area contributed by atoms with E-state index >= 15 is 0 Å². The van der Waals surface area contributed by atoms with Gasteiger partial charge in [0.25, 0.3) is 0 Å². The highest BCUT2D eigenvalue weighted by atomic mass is 32.1. The zero-order valence-electron chi connectivity index (χ0n) is 15.5. The normalized spacial score (nSPS) is 19.1. The maximum atomic E-state index is 13.4. The second kappa shape index (κ2) is 6.53. The molecule has 1 aromatic carbocycles. The van der Waals surface area contributed by atoms with Gasteiger partial charge < -0.3 is 4.90 Å². The molecule has 0 aliphatic carbocycles. The molecule has 4 heterocycles. The van der Waals surface area contributed by atoms with E-state index in [1.54, 1.807) is 29.8 Å². The topological polar surface area (TPSA) is 32.3 Å². The number of rotatable bonds is 4. The molecule has 0 amide bonds. The molecule has 1 spiro atoms. The molecule has 0 saturated carbocycles. The van der Waals surface area contributed by atoms with Gasteiger partial charge >= 0.3 is 0 Å². The summed E-state index contributed by atoms with van der Waals surface area (Å²) in [5, 5.41) is 1.20. The summed E-state index contributed by atoms with van der Waals surface area (Å²) < 4.78 is 13.4. The highest BCUT2D eigenvalue weighted by Crippen LogP contribution is 2.43. The van der Waals surface area contributed by atoms with Crippen LogP contribution in [0.15, 0.2) is 36.7 Å². The van der Waals surface area contributed by atoms with Gasteiger partial charge in [0.1, 0.15) is 22.8 Å². The molecular weight excluding hydrogens is 359 g/mol. The molecule has 2 aliphatic rings. The monoisotopic (exact) mass is 382 g/mol. The average molecular weight is 383 g/mol. The lowest BCUT2D eigenvalue weighted by atomic mass is 9.79. The lowest BCUT2D eigenvalue weighted by Gasteiger charge is -2.48. The van der Waals surface area contributed by atoms with Crippen LogP contribution < -0.4 is 4.90 Å². The number of halogens is 1. The predicted molar refractivity (Wildman–Crippen MR) is 108 cm³/mol. The number of likely N-dealkylation sites (tertiary alicyclic amines) is 1. The largest absolute Gasteiger partial charge is 0.355 e. The Labute approximate surface area is 162 Å². The molecule has 4 nitrogen and oxygen atoms in total. The minimum absolute atomic E-state index is 0.148. The third kappa shape index (κ3) is 3.11. The molecule has 3 aromatic rings. The Morgan fingerprint density at radius 2 is 2.07 bits per heavy atom. The number of anilines is 1. The minimum Gasteiger partial charge on any atom is -0.355 e. The van der Waals surface area contributed by atoms with Crippen LogP contribution in [0.3, 0.4) is 0 Å². The molecule has 2 aromatic heterocycles. The predicted octanol–water partition coefficient (Wildman–Crippen LogP) is 4.11. The molecule has 27 heavy (non-hydrogen) atoms. The Bertz CT molecular complexity index is 979. The molecule has 2 fully saturated rings. The van der Waals surface area contributed by atoms with E-state index < -0.39 is 0 Å². The number of hydrogen-bond acceptors (Lipinski definition) is 5. The first kappa shape index (κ1) is 17.1. The minimum atomic E-state index is -0.148. The second-order valence-corrected chi connectivity index (χ2v) is 9.04. The smallest absolute Gasteiger partial charge is 0.140 e. The quantitative estimate of drug-likeness (QED) is 0.680. The molecular formula is C21H23FN4S. The van der Waals surface area contributed by atoms with Gasteiger partial charge in [-0.1, -0.05) is 19.1 Å². The Hall–Kier alpha value is -2.05. The number of fused-ring (bicyclic) bond motifs is 1. The van der Waals surface area contributed by atoms with E-state index in [1.165, 1.54) is 22.8 Å². The van der Waals surface area contributed by atoms with Gasteiger partial charge in [-0.15, -0.1) is 11.3 Å². The van der Waals surface area contributed by atoms with Crippen molar-refractivity contribution in [3.63, 3.8) is 0 Å². The van der Waals surface area contributed by atoms with Crippen molar-refractivity contribution in [2.75, 3.05) is 31.1 Å². The summed E-state index contributed by atoms with van der Waals surface area (Å²) in [5.74, 6) is 0.946. The van der Waals surface area contributed by atoms with E-state index in [0.29, 0.717) is 5.41 Å². The molecule has 6 heteroatoms. The van der Waals surface area contributed by atoms with Crippen molar-refractivity contribution in [1.29, 1.82) is 0 Å². The van der Waals surface area contributed by atoms with E-state index in [9.17, 15) is 4.39 Å². The van der Waals surface area contributed by atoms with Gasteiger partial charge in [-0.25, -0.2) is 14.4 Å². The van der Waals surface area contributed by atoms with E-state index in [1.807, 2.05) is 6.07 Å². The number of hydrogen-bond donors (Lipinski definition) is 0. The van der Waals surface area contributed by atoms with Gasteiger partial charge in [-0.3, -0.25) is 4.90 Å². The average Bonchev–Trinajstić information content (AvgIpc) is 3.25. The molecule has 0 radical (unpaired) electrons. The highest BCUT2D eigenvalue weighted by Gasteiger charge is 2.47. The Balaban J connectivity index is 1.28. The maximum Gasteiger partial charge on any atom is 0.140 e. The molecule has 5 rings (SSSR count). The summed E-state index contributed by atoms with van der Waals surface area (Å²) in [7, 11) is 0. The standard InChI is InChI=1S/C21H23FN4S/c1-2-17-9-18-19(23-14-24-20(18)27-17)26-7-6-21(13-26)11-25(12-21)10-15-4-3-5-16(22)8-15/h3-5,8-9,14H,2,6-7,10-13H2,1H3. The zero-order chi connectivity index (χ0) is 18.4. The van der Waals surface area contributed by atoms with E-state index in [0.717, 1.165) is 55.4 Å². The van der Waals surface area contributed by atoms with E-state index in [-0.39, 0.29) is 5.82 Å². The summed E-state index contributed by atoms with van der Waals surface area (Å²) in [5.41, 5.74) is 1.41. The zero-order valence-corrected chi connectivity index (χ0v) is 16.3. The fourth-order valence-electron chi connectivity index (χ4n) is 4.60. The molecule has 0 N–H and O–H groups in total. The number of benzene rings is 1. The van der Waals surface area contributed by atoms with Crippen molar-refractivity contribution < 1.29 is 4.39 Å². The summed E-state index contributed by atoms with van der Waals surface area (Å²) in [6.07, 6.45) is 3.94. The summed E-state index contributed by atoms with van der Waals surface area (Å²) in [4.78, 5) is 16.4. The number of nitrogens with zero attached hydrogens (tertiary/aromatic N) is 4. The molecule has 2 saturated heterocycles. The van der Waals surface area contributed by atoms with Crippen molar-refractivity contribution in [3.05, 3.63) is 52.9 Å². The van der Waals surface area contributed by atoms with Crippen molar-refractivity contribution in [1.82, 2.24) is 14.9 Å². The summed E-state index contributed by atoms with van der Waals surface area (Å²) >= 11 is 1.78. The highest BCUT2D eigenvalue weighted by molar-refractivity contribution is 7.18. The third-order valence-electron chi connectivity index (χ3n) is 5.86. The molecule has 0 unspecified atom stereocenters. The maximum absolute atomic E-state index is 13.4. The van der Waals surface area contributed by atoms with Crippen molar-refractivity contribution in [2.24, 2.45) is 5.41 Å². The fourth-order valence-corrected chi connectivity index (χ4v) is 5.53. The third-order valence-corrected chi connectivity index (χ3v) is 7.05. The van der Waals surface area contributed by atoms with Crippen LogP contribution in [0.5, 0.6) is 0 Å². The van der Waals surface area contributed by atoms with Gasteiger partial charge in [-0.05, 0) is 36.6 Å². The van der Waals surface area contributed by atoms with Gasteiger partial charge in [0.15, 0.2) is 0 Å². The summed E-state index contributed by atoms with van der Waals surface area (Å²) in [6.45, 7) is 7.29. The first-order chi connectivity index (χ1) is 13.1. The number of aryl methyl sites for hydroxylation is 1. The van der Waals surface area contributed by atoms with Crippen molar-refractivity contribution in [2.45, 2.75) is 26.3 Å². The lowest BCUT2D eigenvalue weighted by molar-refractivity contribution is 0.0116. The van der Waals surface area contributed by atoms with Crippen LogP contribution in [0, 0.1) is 11.2 Å². The van der Waals surface area contributed by atoms with Crippen LogP contribution in [0.25, 0.3) is 10.2 Å². The first-order valence-corrected chi connectivity index (χ1v) is 10.4. The van der Waals surface area contributed by atoms with Crippen LogP contribution in [-0.4, -0.2) is 41.0 Å². The first-order valence-electron chi connectivity index (χ1n) is 9.59. The lowest BCUT2D eigenvalue weighted by Crippen LogP contribution is -2.56. The molecule has 0 atom stereocenters. The van der Waals surface area contributed by atoms with Gasteiger partial charge in [0.05, 0.1) is 5.39 Å². The Morgan fingerprint density at radius 1 is 1.19 bits per heavy atom.